The molecule has 4 rings (SSSR count). The van der Waals surface area contributed by atoms with E-state index < -0.39 is 17.6 Å². The summed E-state index contributed by atoms with van der Waals surface area (Å²) in [6.07, 6.45) is 0.452. The number of para-hydroxylation sites is 1. The van der Waals surface area contributed by atoms with E-state index in [4.69, 9.17) is 4.74 Å². The number of nitrogens with zero attached hydrogens (tertiary/aromatic N) is 1. The van der Waals surface area contributed by atoms with Crippen molar-refractivity contribution in [2.24, 2.45) is 0 Å². The molecule has 8 heteroatoms. The van der Waals surface area contributed by atoms with Crippen molar-refractivity contribution >= 4 is 48.5 Å². The topological polar surface area (TPSA) is 51.2 Å². The predicted molar refractivity (Wildman–Crippen MR) is 95.2 cm³/mol. The van der Waals surface area contributed by atoms with Crippen LogP contribution in [0.5, 0.6) is 5.75 Å². The monoisotopic (exact) mass is 424 g/mol. The molecule has 0 spiro atoms. The van der Waals surface area contributed by atoms with Gasteiger partial charge in [0.2, 0.25) is 5.91 Å². The first-order chi connectivity index (χ1) is 12.0. The highest BCUT2D eigenvalue weighted by Crippen LogP contribution is 2.37. The Labute approximate surface area is 154 Å². The van der Waals surface area contributed by atoms with Gasteiger partial charge in [0.15, 0.2) is 16.7 Å². The molecular weight excluding hydrogens is 414 g/mol. The van der Waals surface area contributed by atoms with Crippen molar-refractivity contribution in [3.05, 3.63) is 52.0 Å². The Kier molecular flexibility index (Phi) is 4.16. The summed E-state index contributed by atoms with van der Waals surface area (Å²) in [6.45, 7) is 0.268. The lowest BCUT2D eigenvalue weighted by molar-refractivity contribution is -0.118. The molecule has 128 valence electrons. The molecule has 0 bridgehead atoms. The second kappa shape index (κ2) is 6.34. The fourth-order valence-electron chi connectivity index (χ4n) is 2.83. The number of carbonyl (C=O) groups excluding carboxylic acids is 1. The van der Waals surface area contributed by atoms with Gasteiger partial charge in [-0.15, -0.1) is 0 Å². The molecule has 0 aliphatic carbocycles. The van der Waals surface area contributed by atoms with Gasteiger partial charge in [-0.3, -0.25) is 4.79 Å². The number of amides is 1. The summed E-state index contributed by atoms with van der Waals surface area (Å²) in [5.74, 6) is -1.56. The zero-order valence-electron chi connectivity index (χ0n) is 12.7. The lowest BCUT2D eigenvalue weighted by Gasteiger charge is -2.24. The fourth-order valence-corrected chi connectivity index (χ4v) is 4.21. The second-order valence-electron chi connectivity index (χ2n) is 5.59. The molecular formula is C17H11BrF2N2O2S. The number of rotatable bonds is 2. The van der Waals surface area contributed by atoms with Crippen LogP contribution in [-0.2, 0) is 4.79 Å². The van der Waals surface area contributed by atoms with Crippen molar-refractivity contribution in [2.45, 2.75) is 12.3 Å². The Morgan fingerprint density at radius 3 is 3.00 bits per heavy atom. The van der Waals surface area contributed by atoms with Gasteiger partial charge < -0.3 is 10.1 Å². The smallest absolute Gasteiger partial charge is 0.233 e. The number of thiazole rings is 1. The third kappa shape index (κ3) is 3.00. The van der Waals surface area contributed by atoms with E-state index in [1.54, 1.807) is 18.2 Å². The van der Waals surface area contributed by atoms with E-state index >= 15 is 0 Å². The van der Waals surface area contributed by atoms with Crippen LogP contribution in [0, 0.1) is 11.6 Å². The van der Waals surface area contributed by atoms with Crippen LogP contribution in [0.25, 0.3) is 10.2 Å². The molecule has 0 saturated heterocycles. The summed E-state index contributed by atoms with van der Waals surface area (Å²) in [5.41, 5.74) is 0.998. The quantitative estimate of drug-likeness (QED) is 0.639. The van der Waals surface area contributed by atoms with E-state index in [9.17, 15) is 13.6 Å². The Bertz CT molecular complexity index is 953. The van der Waals surface area contributed by atoms with E-state index in [1.165, 1.54) is 23.5 Å². The number of carbonyl (C=O) groups is 1. The summed E-state index contributed by atoms with van der Waals surface area (Å²) >= 11 is 4.38. The summed E-state index contributed by atoms with van der Waals surface area (Å²) < 4.78 is 33.9. The van der Waals surface area contributed by atoms with Crippen LogP contribution in [0.4, 0.5) is 13.9 Å². The lowest BCUT2D eigenvalue weighted by Crippen LogP contribution is -2.26. The number of hydrogen-bond donors (Lipinski definition) is 1. The molecule has 1 atom stereocenters. The summed E-state index contributed by atoms with van der Waals surface area (Å²) in [4.78, 5) is 16.9. The molecule has 0 saturated carbocycles. The SMILES string of the molecule is O=C(Nc1nc2cc(F)c(Br)cc2s1)C1CCOc2c(F)cccc21. The molecule has 1 N–H and O–H groups in total. The molecule has 2 aromatic carbocycles. The number of fused-ring (bicyclic) bond motifs is 2. The number of nitrogens with one attached hydrogen (secondary N) is 1. The van der Waals surface area contributed by atoms with Gasteiger partial charge >= 0.3 is 0 Å². The van der Waals surface area contributed by atoms with Gasteiger partial charge in [-0.2, -0.15) is 0 Å². The number of anilines is 1. The molecule has 1 unspecified atom stereocenters. The molecule has 1 aliphatic heterocycles. The lowest BCUT2D eigenvalue weighted by atomic mass is 9.92. The molecule has 1 aliphatic rings. The average Bonchev–Trinajstić information content (AvgIpc) is 2.96. The van der Waals surface area contributed by atoms with Crippen molar-refractivity contribution < 1.29 is 18.3 Å². The highest BCUT2D eigenvalue weighted by atomic mass is 79.9. The van der Waals surface area contributed by atoms with E-state index in [-0.39, 0.29) is 18.3 Å². The third-order valence-electron chi connectivity index (χ3n) is 4.00. The molecule has 4 nitrogen and oxygen atoms in total. The standard InChI is InChI=1S/C17H11BrF2N2O2S/c18-10-6-14-13(7-12(10)20)21-17(25-14)22-16(23)9-4-5-24-15-8(9)2-1-3-11(15)19/h1-3,6-7,9H,4-5H2,(H,21,22,23). The van der Waals surface area contributed by atoms with E-state index in [2.05, 4.69) is 26.2 Å². The van der Waals surface area contributed by atoms with Gasteiger partial charge in [-0.25, -0.2) is 13.8 Å². The maximum absolute atomic E-state index is 13.8. The minimum atomic E-state index is -0.519. The fraction of sp³-hybridized carbons (Fsp3) is 0.176. The van der Waals surface area contributed by atoms with Crippen molar-refractivity contribution in [1.82, 2.24) is 4.98 Å². The van der Waals surface area contributed by atoms with Crippen LogP contribution < -0.4 is 10.1 Å². The van der Waals surface area contributed by atoms with Crippen LogP contribution in [0.1, 0.15) is 17.9 Å². The zero-order valence-corrected chi connectivity index (χ0v) is 15.1. The Morgan fingerprint density at radius 2 is 2.16 bits per heavy atom. The largest absolute Gasteiger partial charge is 0.490 e. The van der Waals surface area contributed by atoms with Crippen molar-refractivity contribution in [2.75, 3.05) is 11.9 Å². The van der Waals surface area contributed by atoms with Gasteiger partial charge in [0.1, 0.15) is 5.82 Å². The van der Waals surface area contributed by atoms with E-state index in [0.29, 0.717) is 27.1 Å². The Hall–Kier alpha value is -2.06. The minimum Gasteiger partial charge on any atom is -0.490 e. The number of benzene rings is 2. The second-order valence-corrected chi connectivity index (χ2v) is 7.48. The van der Waals surface area contributed by atoms with Crippen LogP contribution >= 0.6 is 27.3 Å². The maximum Gasteiger partial charge on any atom is 0.233 e. The van der Waals surface area contributed by atoms with Crippen LogP contribution in [0.2, 0.25) is 0 Å². The van der Waals surface area contributed by atoms with Crippen molar-refractivity contribution in [3.63, 3.8) is 0 Å². The first-order valence-electron chi connectivity index (χ1n) is 7.50. The molecule has 2 heterocycles. The highest BCUT2D eigenvalue weighted by Gasteiger charge is 2.30. The maximum atomic E-state index is 13.8. The van der Waals surface area contributed by atoms with Crippen molar-refractivity contribution in [3.8, 4) is 5.75 Å². The highest BCUT2D eigenvalue weighted by molar-refractivity contribution is 9.10. The normalized spacial score (nSPS) is 16.4. The summed E-state index contributed by atoms with van der Waals surface area (Å²) in [6, 6.07) is 7.48. The molecule has 1 aromatic heterocycles. The average molecular weight is 425 g/mol. The van der Waals surface area contributed by atoms with Crippen LogP contribution in [0.15, 0.2) is 34.8 Å². The summed E-state index contributed by atoms with van der Waals surface area (Å²) in [7, 11) is 0. The Balaban J connectivity index is 1.62. The van der Waals surface area contributed by atoms with Gasteiger partial charge in [-0.05, 0) is 34.5 Å². The Morgan fingerprint density at radius 1 is 1.32 bits per heavy atom. The molecule has 1 amide bonds. The van der Waals surface area contributed by atoms with Crippen molar-refractivity contribution in [1.29, 1.82) is 0 Å². The van der Waals surface area contributed by atoms with Gasteiger partial charge in [-0.1, -0.05) is 23.5 Å². The number of aromatic nitrogens is 1. The first kappa shape index (κ1) is 16.4. The van der Waals surface area contributed by atoms with Gasteiger partial charge in [0, 0.05) is 11.6 Å². The van der Waals surface area contributed by atoms with Crippen LogP contribution in [-0.4, -0.2) is 17.5 Å². The van der Waals surface area contributed by atoms with E-state index in [1.807, 2.05) is 0 Å². The summed E-state index contributed by atoms with van der Waals surface area (Å²) in [5, 5.41) is 3.13. The van der Waals surface area contributed by atoms with Crippen LogP contribution in [0.3, 0.4) is 0 Å². The minimum absolute atomic E-state index is 0.129. The van der Waals surface area contributed by atoms with Gasteiger partial charge in [0.25, 0.3) is 0 Å². The zero-order chi connectivity index (χ0) is 17.6. The molecule has 25 heavy (non-hydrogen) atoms. The molecule has 0 fully saturated rings. The number of hydrogen-bond acceptors (Lipinski definition) is 4. The van der Waals surface area contributed by atoms with E-state index in [0.717, 1.165) is 4.70 Å². The number of halogens is 3. The molecule has 0 radical (unpaired) electrons. The van der Waals surface area contributed by atoms with Gasteiger partial charge in [0.05, 0.1) is 27.2 Å². The first-order valence-corrected chi connectivity index (χ1v) is 9.11. The molecule has 3 aromatic rings. The predicted octanol–water partition coefficient (Wildman–Crippen LogP) is 4.84. The number of ether oxygens (including phenoxy) is 1. The third-order valence-corrected chi connectivity index (χ3v) is 5.54.